The molecule has 0 saturated carbocycles. The van der Waals surface area contributed by atoms with Gasteiger partial charge in [0.2, 0.25) is 0 Å². The molecule has 25 heavy (non-hydrogen) atoms. The Morgan fingerprint density at radius 2 is 2.04 bits per heavy atom. The maximum atomic E-state index is 5.90. The van der Waals surface area contributed by atoms with Crippen LogP contribution in [0.4, 0.5) is 0 Å². The molecule has 0 spiro atoms. The lowest BCUT2D eigenvalue weighted by Gasteiger charge is -2.23. The third-order valence-corrected chi connectivity index (χ3v) is 5.32. The van der Waals surface area contributed by atoms with E-state index in [-0.39, 0.29) is 0 Å². The van der Waals surface area contributed by atoms with Crippen LogP contribution < -0.4 is 5.73 Å². The van der Waals surface area contributed by atoms with Crippen molar-refractivity contribution in [2.75, 3.05) is 6.54 Å². The number of para-hydroxylation sites is 1. The number of nitrogens with two attached hydrogens (primary N) is 1. The molecule has 0 saturated heterocycles. The smallest absolute Gasteiger partial charge is 0.0981 e. The third-order valence-electron chi connectivity index (χ3n) is 4.89. The molecule has 2 heterocycles. The number of fused-ring (bicyclic) bond motifs is 1. The normalized spacial score (nSPS) is 16.6. The number of halogens is 1. The summed E-state index contributed by atoms with van der Waals surface area (Å²) < 4.78 is 3.09. The summed E-state index contributed by atoms with van der Waals surface area (Å²) in [5.41, 5.74) is 11.8. The van der Waals surface area contributed by atoms with Gasteiger partial charge in [0, 0.05) is 33.7 Å². The van der Waals surface area contributed by atoms with Crippen molar-refractivity contribution in [3.05, 3.63) is 64.5 Å². The van der Waals surface area contributed by atoms with Gasteiger partial charge in [-0.2, -0.15) is 5.10 Å². The van der Waals surface area contributed by atoms with Crippen molar-refractivity contribution in [1.82, 2.24) is 14.8 Å². The molecule has 0 radical (unpaired) electrons. The van der Waals surface area contributed by atoms with E-state index >= 15 is 0 Å². The maximum Gasteiger partial charge on any atom is 0.0981 e. The molecular weight excluding hydrogens is 376 g/mol. The van der Waals surface area contributed by atoms with Crippen LogP contribution in [-0.2, 0) is 6.42 Å². The summed E-state index contributed by atoms with van der Waals surface area (Å²) in [6.45, 7) is 0.705. The van der Waals surface area contributed by atoms with Crippen LogP contribution in [0, 0.1) is 0 Å². The first-order valence-corrected chi connectivity index (χ1v) is 9.55. The van der Waals surface area contributed by atoms with Gasteiger partial charge in [-0.05, 0) is 72.3 Å². The highest BCUT2D eigenvalue weighted by Crippen LogP contribution is 2.41. The molecule has 3 aromatic rings. The van der Waals surface area contributed by atoms with Crippen LogP contribution in [-0.4, -0.2) is 21.3 Å². The summed E-state index contributed by atoms with van der Waals surface area (Å²) in [6, 6.07) is 12.5. The zero-order valence-corrected chi connectivity index (χ0v) is 15.6. The van der Waals surface area contributed by atoms with Gasteiger partial charge in [0.05, 0.1) is 11.4 Å². The first-order valence-electron chi connectivity index (χ1n) is 8.76. The number of aromatic nitrogens is 3. The van der Waals surface area contributed by atoms with Crippen LogP contribution in [0.15, 0.2) is 53.3 Å². The van der Waals surface area contributed by atoms with Crippen molar-refractivity contribution < 1.29 is 0 Å². The summed E-state index contributed by atoms with van der Waals surface area (Å²) in [5, 5.41) is 5.02. The lowest BCUT2D eigenvalue weighted by molar-refractivity contribution is 0.518. The Bertz CT molecular complexity index is 873. The predicted molar refractivity (Wildman–Crippen MR) is 104 cm³/mol. The van der Waals surface area contributed by atoms with Gasteiger partial charge in [-0.25, -0.2) is 4.68 Å². The molecule has 1 atom stereocenters. The van der Waals surface area contributed by atoms with Gasteiger partial charge in [0.15, 0.2) is 0 Å². The quantitative estimate of drug-likeness (QED) is 0.707. The van der Waals surface area contributed by atoms with Gasteiger partial charge in [-0.1, -0.05) is 18.2 Å². The van der Waals surface area contributed by atoms with E-state index in [0.717, 1.165) is 34.3 Å². The van der Waals surface area contributed by atoms with E-state index in [1.165, 1.54) is 24.1 Å². The van der Waals surface area contributed by atoms with Crippen LogP contribution in [0.3, 0.4) is 0 Å². The fraction of sp³-hybridized carbons (Fsp3) is 0.300. The van der Waals surface area contributed by atoms with Crippen LogP contribution in [0.5, 0.6) is 0 Å². The third kappa shape index (κ3) is 3.14. The van der Waals surface area contributed by atoms with Gasteiger partial charge >= 0.3 is 0 Å². The lowest BCUT2D eigenvalue weighted by atomic mass is 9.82. The summed E-state index contributed by atoms with van der Waals surface area (Å²) in [4.78, 5) is 4.34. The summed E-state index contributed by atoms with van der Waals surface area (Å²) in [6.07, 6.45) is 8.13. The first kappa shape index (κ1) is 16.5. The van der Waals surface area contributed by atoms with Crippen molar-refractivity contribution in [3.8, 4) is 16.9 Å². The molecule has 0 aliphatic heterocycles. The Kier molecular flexibility index (Phi) is 4.68. The van der Waals surface area contributed by atoms with Crippen molar-refractivity contribution in [1.29, 1.82) is 0 Å². The minimum absolute atomic E-state index is 0.472. The molecule has 1 aliphatic carbocycles. The number of pyridine rings is 1. The van der Waals surface area contributed by atoms with E-state index < -0.39 is 0 Å². The number of nitrogens with zero attached hydrogens (tertiary/aromatic N) is 3. The molecular formula is C20H21BrN4. The molecule has 1 aliphatic rings. The fourth-order valence-corrected chi connectivity index (χ4v) is 4.19. The second kappa shape index (κ2) is 7.10. The van der Waals surface area contributed by atoms with Crippen LogP contribution in [0.1, 0.15) is 36.4 Å². The Morgan fingerprint density at radius 3 is 2.80 bits per heavy atom. The van der Waals surface area contributed by atoms with E-state index in [2.05, 4.69) is 55.9 Å². The fourth-order valence-electron chi connectivity index (χ4n) is 3.82. The lowest BCUT2D eigenvalue weighted by Crippen LogP contribution is -2.15. The van der Waals surface area contributed by atoms with Crippen LogP contribution in [0.25, 0.3) is 16.9 Å². The summed E-state index contributed by atoms with van der Waals surface area (Å²) >= 11 is 3.54. The highest BCUT2D eigenvalue weighted by molar-refractivity contribution is 9.10. The topological polar surface area (TPSA) is 56.7 Å². The van der Waals surface area contributed by atoms with E-state index in [0.29, 0.717) is 12.5 Å². The Balaban J connectivity index is 1.93. The van der Waals surface area contributed by atoms with E-state index in [9.17, 15) is 0 Å². The van der Waals surface area contributed by atoms with E-state index in [4.69, 9.17) is 10.8 Å². The standard InChI is InChI=1S/C20H21BrN4/c21-16-11-15(12-23-13-16)20-19-14(9-10-22)5-4-8-18(19)25(24-20)17-6-2-1-3-7-17/h1-3,6-7,11-14H,4-5,8-10,22H2. The first-order chi connectivity index (χ1) is 12.3. The molecule has 5 heteroatoms. The van der Waals surface area contributed by atoms with Gasteiger partial charge in [-0.15, -0.1) is 0 Å². The SMILES string of the molecule is NCCC1CCCc2c1c(-c1cncc(Br)c1)nn2-c1ccccc1. The Labute approximate surface area is 156 Å². The number of hydrogen-bond acceptors (Lipinski definition) is 3. The van der Waals surface area contributed by atoms with Crippen molar-refractivity contribution in [2.45, 2.75) is 31.6 Å². The average molecular weight is 397 g/mol. The van der Waals surface area contributed by atoms with Gasteiger partial charge in [0.25, 0.3) is 0 Å². The molecule has 2 aromatic heterocycles. The van der Waals surface area contributed by atoms with Crippen LogP contribution in [0.2, 0.25) is 0 Å². The highest BCUT2D eigenvalue weighted by atomic mass is 79.9. The molecule has 0 amide bonds. The molecule has 0 fully saturated rings. The van der Waals surface area contributed by atoms with Gasteiger partial charge in [-0.3, -0.25) is 4.98 Å². The monoisotopic (exact) mass is 396 g/mol. The molecule has 4 rings (SSSR count). The predicted octanol–water partition coefficient (Wildman–Crippen LogP) is 4.47. The number of rotatable bonds is 4. The van der Waals surface area contributed by atoms with Crippen molar-refractivity contribution in [3.63, 3.8) is 0 Å². The average Bonchev–Trinajstić information content (AvgIpc) is 3.03. The second-order valence-electron chi connectivity index (χ2n) is 6.51. The zero-order chi connectivity index (χ0) is 17.2. The zero-order valence-electron chi connectivity index (χ0n) is 14.0. The summed E-state index contributed by atoms with van der Waals surface area (Å²) in [5.74, 6) is 0.472. The number of benzene rings is 1. The molecule has 0 bridgehead atoms. The minimum Gasteiger partial charge on any atom is -0.330 e. The second-order valence-corrected chi connectivity index (χ2v) is 7.43. The maximum absolute atomic E-state index is 5.90. The Hall–Kier alpha value is -1.98. The van der Waals surface area contributed by atoms with Gasteiger partial charge < -0.3 is 5.73 Å². The largest absolute Gasteiger partial charge is 0.330 e. The van der Waals surface area contributed by atoms with E-state index in [1.54, 1.807) is 0 Å². The van der Waals surface area contributed by atoms with Gasteiger partial charge in [0.1, 0.15) is 0 Å². The van der Waals surface area contributed by atoms with Crippen molar-refractivity contribution >= 4 is 15.9 Å². The minimum atomic E-state index is 0.472. The molecule has 1 aromatic carbocycles. The van der Waals surface area contributed by atoms with Crippen molar-refractivity contribution in [2.24, 2.45) is 5.73 Å². The molecule has 128 valence electrons. The van der Waals surface area contributed by atoms with Crippen LogP contribution >= 0.6 is 15.9 Å². The molecule has 1 unspecified atom stereocenters. The number of hydrogen-bond donors (Lipinski definition) is 1. The summed E-state index contributed by atoms with van der Waals surface area (Å²) in [7, 11) is 0. The molecule has 4 nitrogen and oxygen atoms in total. The molecule has 2 N–H and O–H groups in total. The Morgan fingerprint density at radius 1 is 1.20 bits per heavy atom. The van der Waals surface area contributed by atoms with E-state index in [1.807, 2.05) is 18.5 Å². The highest BCUT2D eigenvalue weighted by Gasteiger charge is 2.29.